The van der Waals surface area contributed by atoms with Crippen molar-refractivity contribution in [3.8, 4) is 0 Å². The Morgan fingerprint density at radius 1 is 1.38 bits per heavy atom. The van der Waals surface area contributed by atoms with Crippen molar-refractivity contribution in [2.24, 2.45) is 5.73 Å². The molecule has 21 heavy (non-hydrogen) atoms. The average Bonchev–Trinajstić information content (AvgIpc) is 2.36. The van der Waals surface area contributed by atoms with E-state index in [0.29, 0.717) is 11.6 Å². The number of nitrogens with zero attached hydrogens (tertiary/aromatic N) is 1. The second kappa shape index (κ2) is 7.99. The van der Waals surface area contributed by atoms with Gasteiger partial charge < -0.3 is 11.1 Å². The van der Waals surface area contributed by atoms with Gasteiger partial charge in [0.25, 0.3) is 0 Å². The lowest BCUT2D eigenvalue weighted by Crippen LogP contribution is -2.43. The molecule has 6 heteroatoms. The molecule has 118 valence electrons. The number of amides is 1. The van der Waals surface area contributed by atoms with Gasteiger partial charge in [0.2, 0.25) is 5.91 Å². The summed E-state index contributed by atoms with van der Waals surface area (Å²) in [6.45, 7) is 6.11. The van der Waals surface area contributed by atoms with Crippen LogP contribution in [0.1, 0.15) is 24.0 Å². The van der Waals surface area contributed by atoms with Gasteiger partial charge >= 0.3 is 0 Å². The predicted molar refractivity (Wildman–Crippen MR) is 90.5 cm³/mol. The Morgan fingerprint density at radius 2 is 2.00 bits per heavy atom. The van der Waals surface area contributed by atoms with Crippen LogP contribution in [0.3, 0.4) is 0 Å². The van der Waals surface area contributed by atoms with Crippen LogP contribution < -0.4 is 11.1 Å². The second-order valence-corrected chi connectivity index (χ2v) is 6.01. The summed E-state index contributed by atoms with van der Waals surface area (Å²) >= 11 is 6.20. The molecular formula is C15H23Cl2N3O. The van der Waals surface area contributed by atoms with Crippen LogP contribution >= 0.6 is 24.0 Å². The SMILES string of the molecule is Cc1cc(C)c(NC(=O)CN2CCC(N)CC2)c(Cl)c1.Cl. The molecule has 1 amide bonds. The third kappa shape index (κ3) is 5.15. The van der Waals surface area contributed by atoms with Gasteiger partial charge in [-0.3, -0.25) is 9.69 Å². The number of piperidine rings is 1. The number of hydrogen-bond donors (Lipinski definition) is 2. The topological polar surface area (TPSA) is 58.4 Å². The van der Waals surface area contributed by atoms with Gasteiger partial charge in [-0.05, 0) is 43.9 Å². The summed E-state index contributed by atoms with van der Waals surface area (Å²) in [7, 11) is 0. The van der Waals surface area contributed by atoms with E-state index < -0.39 is 0 Å². The van der Waals surface area contributed by atoms with Crippen molar-refractivity contribution in [1.82, 2.24) is 4.90 Å². The van der Waals surface area contributed by atoms with Gasteiger partial charge in [0.15, 0.2) is 0 Å². The third-order valence-electron chi connectivity index (χ3n) is 3.70. The van der Waals surface area contributed by atoms with Crippen LogP contribution in [0.2, 0.25) is 5.02 Å². The molecule has 2 rings (SSSR count). The molecule has 1 aliphatic heterocycles. The highest BCUT2D eigenvalue weighted by molar-refractivity contribution is 6.34. The fourth-order valence-corrected chi connectivity index (χ4v) is 2.94. The summed E-state index contributed by atoms with van der Waals surface area (Å²) in [6, 6.07) is 4.16. The van der Waals surface area contributed by atoms with Crippen LogP contribution in [-0.2, 0) is 4.79 Å². The Balaban J connectivity index is 0.00000220. The highest BCUT2D eigenvalue weighted by Crippen LogP contribution is 2.27. The first-order chi connectivity index (χ1) is 9.45. The lowest BCUT2D eigenvalue weighted by Gasteiger charge is -2.29. The number of halogens is 2. The Morgan fingerprint density at radius 3 is 2.57 bits per heavy atom. The average molecular weight is 332 g/mol. The van der Waals surface area contributed by atoms with Crippen molar-refractivity contribution in [1.29, 1.82) is 0 Å². The summed E-state index contributed by atoms with van der Waals surface area (Å²) < 4.78 is 0. The quantitative estimate of drug-likeness (QED) is 0.895. The minimum Gasteiger partial charge on any atom is -0.328 e. The predicted octanol–water partition coefficient (Wildman–Crippen LogP) is 2.74. The molecule has 1 heterocycles. The molecule has 1 aromatic rings. The molecular weight excluding hydrogens is 309 g/mol. The maximum absolute atomic E-state index is 12.1. The third-order valence-corrected chi connectivity index (χ3v) is 3.99. The lowest BCUT2D eigenvalue weighted by atomic mass is 10.1. The summed E-state index contributed by atoms with van der Waals surface area (Å²) in [5, 5.41) is 3.51. The van der Waals surface area contributed by atoms with Crippen molar-refractivity contribution < 1.29 is 4.79 Å². The zero-order chi connectivity index (χ0) is 14.7. The number of nitrogens with two attached hydrogens (primary N) is 1. The minimum atomic E-state index is -0.0191. The van der Waals surface area contributed by atoms with Crippen LogP contribution in [0.5, 0.6) is 0 Å². The standard InChI is InChI=1S/C15H22ClN3O.ClH/c1-10-7-11(2)15(13(16)8-10)18-14(20)9-19-5-3-12(17)4-6-19;/h7-8,12H,3-6,9,17H2,1-2H3,(H,18,20);1H. The summed E-state index contributed by atoms with van der Waals surface area (Å²) in [5.74, 6) is -0.0191. The van der Waals surface area contributed by atoms with Crippen molar-refractivity contribution >= 4 is 35.6 Å². The molecule has 0 saturated carbocycles. The monoisotopic (exact) mass is 331 g/mol. The van der Waals surface area contributed by atoms with Gasteiger partial charge in [-0.15, -0.1) is 12.4 Å². The number of carbonyl (C=O) groups is 1. The highest BCUT2D eigenvalue weighted by Gasteiger charge is 2.19. The van der Waals surface area contributed by atoms with Gasteiger partial charge in [-0.25, -0.2) is 0 Å². The fraction of sp³-hybridized carbons (Fsp3) is 0.533. The van der Waals surface area contributed by atoms with Gasteiger partial charge in [-0.1, -0.05) is 17.7 Å². The van der Waals surface area contributed by atoms with E-state index in [2.05, 4.69) is 10.2 Å². The van der Waals surface area contributed by atoms with E-state index in [9.17, 15) is 4.79 Å². The number of rotatable bonds is 3. The van der Waals surface area contributed by atoms with Crippen LogP contribution in [0, 0.1) is 13.8 Å². The van der Waals surface area contributed by atoms with Crippen molar-refractivity contribution in [2.45, 2.75) is 32.7 Å². The van der Waals surface area contributed by atoms with E-state index in [1.165, 1.54) is 0 Å². The lowest BCUT2D eigenvalue weighted by molar-refractivity contribution is -0.117. The van der Waals surface area contributed by atoms with Crippen LogP contribution in [-0.4, -0.2) is 36.5 Å². The molecule has 1 saturated heterocycles. The van der Waals surface area contributed by atoms with Crippen molar-refractivity contribution in [3.63, 3.8) is 0 Å². The summed E-state index contributed by atoms with van der Waals surface area (Å²) in [6.07, 6.45) is 1.91. The fourth-order valence-electron chi connectivity index (χ4n) is 2.57. The number of benzene rings is 1. The zero-order valence-electron chi connectivity index (χ0n) is 12.5. The molecule has 0 bridgehead atoms. The molecule has 0 aliphatic carbocycles. The zero-order valence-corrected chi connectivity index (χ0v) is 14.1. The highest BCUT2D eigenvalue weighted by atomic mass is 35.5. The van der Waals surface area contributed by atoms with Gasteiger partial charge in [0, 0.05) is 19.1 Å². The van der Waals surface area contributed by atoms with Crippen molar-refractivity contribution in [2.75, 3.05) is 25.0 Å². The molecule has 1 aliphatic rings. The number of likely N-dealkylation sites (tertiary alicyclic amines) is 1. The molecule has 0 atom stereocenters. The van der Waals surface area contributed by atoms with Crippen LogP contribution in [0.25, 0.3) is 0 Å². The smallest absolute Gasteiger partial charge is 0.238 e. The number of aryl methyl sites for hydroxylation is 2. The van der Waals surface area contributed by atoms with Gasteiger partial charge in [0.1, 0.15) is 0 Å². The first-order valence-electron chi connectivity index (χ1n) is 7.00. The number of nitrogens with one attached hydrogen (secondary N) is 1. The Bertz CT molecular complexity index is 477. The first-order valence-corrected chi connectivity index (χ1v) is 7.38. The van der Waals surface area contributed by atoms with E-state index in [4.69, 9.17) is 17.3 Å². The molecule has 3 N–H and O–H groups in total. The number of carbonyl (C=O) groups excluding carboxylic acids is 1. The van der Waals surface area contributed by atoms with Crippen LogP contribution in [0.4, 0.5) is 5.69 Å². The normalized spacial score (nSPS) is 16.4. The van der Waals surface area contributed by atoms with E-state index >= 15 is 0 Å². The molecule has 0 spiro atoms. The van der Waals surface area contributed by atoms with E-state index in [0.717, 1.165) is 42.7 Å². The van der Waals surface area contributed by atoms with Crippen LogP contribution in [0.15, 0.2) is 12.1 Å². The maximum atomic E-state index is 12.1. The number of hydrogen-bond acceptors (Lipinski definition) is 3. The van der Waals surface area contributed by atoms with E-state index in [1.807, 2.05) is 26.0 Å². The maximum Gasteiger partial charge on any atom is 0.238 e. The van der Waals surface area contributed by atoms with Gasteiger partial charge in [-0.2, -0.15) is 0 Å². The minimum absolute atomic E-state index is 0. The first kappa shape index (κ1) is 18.2. The largest absolute Gasteiger partial charge is 0.328 e. The van der Waals surface area contributed by atoms with Gasteiger partial charge in [0.05, 0.1) is 17.3 Å². The summed E-state index contributed by atoms with van der Waals surface area (Å²) in [5.41, 5.74) is 8.66. The molecule has 4 nitrogen and oxygen atoms in total. The second-order valence-electron chi connectivity index (χ2n) is 5.60. The van der Waals surface area contributed by atoms with Crippen molar-refractivity contribution in [3.05, 3.63) is 28.3 Å². The Labute approximate surface area is 137 Å². The molecule has 1 fully saturated rings. The molecule has 0 unspecified atom stereocenters. The molecule has 1 aromatic carbocycles. The summed E-state index contributed by atoms with van der Waals surface area (Å²) in [4.78, 5) is 14.2. The molecule has 0 radical (unpaired) electrons. The van der Waals surface area contributed by atoms with E-state index in [-0.39, 0.29) is 24.4 Å². The molecule has 0 aromatic heterocycles. The Hall–Kier alpha value is -0.810. The van der Waals surface area contributed by atoms with E-state index in [1.54, 1.807) is 0 Å². The Kier molecular flexibility index (Phi) is 6.94. The number of anilines is 1.